The van der Waals surface area contributed by atoms with Gasteiger partial charge in [-0.3, -0.25) is 0 Å². The van der Waals surface area contributed by atoms with Gasteiger partial charge in [0.15, 0.2) is 0 Å². The van der Waals surface area contributed by atoms with Crippen molar-refractivity contribution in [3.63, 3.8) is 0 Å². The van der Waals surface area contributed by atoms with Crippen molar-refractivity contribution >= 4 is 24.2 Å². The van der Waals surface area contributed by atoms with Crippen LogP contribution in [0.4, 0.5) is 0 Å². The Labute approximate surface area is 134 Å². The van der Waals surface area contributed by atoms with Gasteiger partial charge in [0.05, 0.1) is 0 Å². The van der Waals surface area contributed by atoms with Crippen LogP contribution in [-0.4, -0.2) is 25.7 Å². The van der Waals surface area contributed by atoms with E-state index in [0.29, 0.717) is 0 Å². The molecule has 0 atom stereocenters. The largest absolute Gasteiger partial charge is 0.344 e. The van der Waals surface area contributed by atoms with Gasteiger partial charge in [-0.2, -0.15) is 0 Å². The van der Waals surface area contributed by atoms with Gasteiger partial charge in [0.1, 0.15) is 0 Å². The average molecular weight is 358 g/mol. The molecule has 0 fully saturated rings. The van der Waals surface area contributed by atoms with Gasteiger partial charge in [0, 0.05) is 0 Å². The van der Waals surface area contributed by atoms with Gasteiger partial charge >= 0.3 is 111 Å². The predicted molar refractivity (Wildman–Crippen MR) is 103 cm³/mol. The Morgan fingerprint density at radius 2 is 1.00 bits per heavy atom. The monoisotopic (exact) mass is 357 g/mol. The van der Waals surface area contributed by atoms with E-state index in [9.17, 15) is 0 Å². The molecule has 0 aliphatic heterocycles. The van der Waals surface area contributed by atoms with Crippen LogP contribution in [0, 0.1) is 0 Å². The zero-order valence-corrected chi connectivity index (χ0v) is 16.8. The summed E-state index contributed by atoms with van der Waals surface area (Å²) in [4.78, 5) is 0. The molecule has 0 amide bonds. The second kappa shape index (κ2) is 16.9. The smallest absolute Gasteiger partial charge is 0.344 e. The fourth-order valence-corrected chi connectivity index (χ4v) is 3.83. The van der Waals surface area contributed by atoms with Crippen molar-refractivity contribution in [2.45, 2.75) is 78.1 Å². The van der Waals surface area contributed by atoms with Crippen LogP contribution in [0.3, 0.4) is 0 Å². The molecule has 0 aromatic heterocycles. The number of unbranched alkanes of at least 4 members (excludes halogenated alkanes) is 9. The summed E-state index contributed by atoms with van der Waals surface area (Å²) in [6.45, 7) is 9.76. The maximum absolute atomic E-state index is 2.54. The predicted octanol–water partition coefficient (Wildman–Crippen LogP) is 6.68. The van der Waals surface area contributed by atoms with E-state index in [-0.39, 0.29) is 23.1 Å². The minimum Gasteiger partial charge on any atom is -0.344 e. The topological polar surface area (TPSA) is 35.0 Å². The summed E-state index contributed by atoms with van der Waals surface area (Å²) < 4.78 is 0. The second-order valence-electron chi connectivity index (χ2n) is 6.45. The van der Waals surface area contributed by atoms with E-state index in [2.05, 4.69) is 27.2 Å². The summed E-state index contributed by atoms with van der Waals surface area (Å²) in [6, 6.07) is 0. The fourth-order valence-electron chi connectivity index (χ4n) is 2.27. The van der Waals surface area contributed by atoms with Crippen LogP contribution >= 0.6 is 24.2 Å². The average Bonchev–Trinajstić information content (AvgIpc) is 2.31. The number of hydrogen-bond acceptors (Lipinski definition) is 1. The summed E-state index contributed by atoms with van der Waals surface area (Å²) in [5.74, 6) is 0. The molecule has 122 valence electrons. The molecular weight excluding hydrogens is 317 g/mol. The van der Waals surface area contributed by atoms with Crippen molar-refractivity contribution in [3.8, 4) is 0 Å². The first-order chi connectivity index (χ1) is 8.12. The Hall–Kier alpha value is 0.870. The van der Waals surface area contributed by atoms with Gasteiger partial charge in [-0.15, -0.1) is 17.0 Å². The maximum atomic E-state index is 2.54. The van der Waals surface area contributed by atoms with Crippen molar-refractivity contribution in [2.75, 3.05) is 25.7 Å². The van der Waals surface area contributed by atoms with Gasteiger partial charge in [-0.1, -0.05) is 0 Å². The van der Waals surface area contributed by atoms with Crippen molar-refractivity contribution in [1.82, 2.24) is 6.15 Å². The van der Waals surface area contributed by atoms with Gasteiger partial charge in [0.2, 0.25) is 0 Å². The zero-order chi connectivity index (χ0) is 13.0. The minimum atomic E-state index is -0.768. The normalized spacial score (nSPS) is 11.6. The minimum absolute atomic E-state index is 0. The second-order valence-corrected chi connectivity index (χ2v) is 12.0. The molecule has 0 radical (unpaired) electrons. The third-order valence-corrected chi connectivity index (χ3v) is 7.79. The number of rotatable bonds is 12. The summed E-state index contributed by atoms with van der Waals surface area (Å²) in [6.07, 6.45) is 17.7. The fraction of sp³-hybridized carbons (Fsp3) is 1.00. The van der Waals surface area contributed by atoms with Crippen LogP contribution in [0.5, 0.6) is 0 Å². The maximum Gasteiger partial charge on any atom is -0.344 e. The Bertz CT molecular complexity index is 163. The van der Waals surface area contributed by atoms with E-state index in [1.807, 2.05) is 0 Å². The molecule has 1 nitrogen and oxygen atoms in total. The number of halogens is 1. The molecule has 0 bridgehead atoms. The molecule has 0 saturated heterocycles. The Morgan fingerprint density at radius 1 is 0.632 bits per heavy atom. The van der Waals surface area contributed by atoms with Gasteiger partial charge < -0.3 is 6.15 Å². The van der Waals surface area contributed by atoms with Gasteiger partial charge in [0.25, 0.3) is 0 Å². The molecule has 0 unspecified atom stereocenters. The quantitative estimate of drug-likeness (QED) is 0.307. The first-order valence-corrected chi connectivity index (χ1v) is 11.5. The van der Waals surface area contributed by atoms with Crippen LogP contribution in [0.2, 0.25) is 0 Å². The van der Waals surface area contributed by atoms with Crippen LogP contribution < -0.4 is 6.15 Å². The molecule has 0 aliphatic carbocycles. The molecule has 0 rings (SSSR count). The molecular formula is C16H41BrNP. The van der Waals surface area contributed by atoms with Crippen molar-refractivity contribution in [3.05, 3.63) is 0 Å². The summed E-state index contributed by atoms with van der Waals surface area (Å²) >= 11 is 0. The Kier molecular flexibility index (Phi) is 22.1. The van der Waals surface area contributed by atoms with Crippen LogP contribution in [-0.2, 0) is 0 Å². The van der Waals surface area contributed by atoms with Gasteiger partial charge in [-0.05, 0) is 0 Å². The van der Waals surface area contributed by atoms with E-state index in [4.69, 9.17) is 0 Å². The van der Waals surface area contributed by atoms with Gasteiger partial charge in [-0.25, -0.2) is 0 Å². The third-order valence-electron chi connectivity index (χ3n) is 4.16. The van der Waals surface area contributed by atoms with Crippen molar-refractivity contribution in [1.29, 1.82) is 0 Å². The number of hydrogen-bond donors (Lipinski definition) is 1. The summed E-state index contributed by atoms with van der Waals surface area (Å²) in [7, 11) is -0.768. The van der Waals surface area contributed by atoms with Crippen LogP contribution in [0.25, 0.3) is 0 Å². The van der Waals surface area contributed by atoms with E-state index in [0.717, 1.165) is 0 Å². The van der Waals surface area contributed by atoms with Crippen molar-refractivity contribution < 1.29 is 0 Å². The SMILES string of the molecule is Br.CCCCCCCCCCCC[PH](C)(C)CC.N. The van der Waals surface area contributed by atoms with E-state index >= 15 is 0 Å². The molecule has 3 N–H and O–H groups in total. The van der Waals surface area contributed by atoms with E-state index < -0.39 is 7.26 Å². The first-order valence-electron chi connectivity index (χ1n) is 8.12. The Morgan fingerprint density at radius 3 is 1.37 bits per heavy atom. The van der Waals surface area contributed by atoms with Crippen LogP contribution in [0.15, 0.2) is 0 Å². The van der Waals surface area contributed by atoms with E-state index in [1.54, 1.807) is 6.16 Å². The Balaban J connectivity index is -0.00000128. The summed E-state index contributed by atoms with van der Waals surface area (Å²) in [5, 5.41) is 0. The molecule has 0 aromatic carbocycles. The first kappa shape index (κ1) is 24.9. The van der Waals surface area contributed by atoms with Crippen LogP contribution in [0.1, 0.15) is 78.1 Å². The van der Waals surface area contributed by atoms with Crippen molar-refractivity contribution in [2.24, 2.45) is 0 Å². The molecule has 0 aromatic rings. The zero-order valence-electron chi connectivity index (χ0n) is 14.1. The molecule has 19 heavy (non-hydrogen) atoms. The third kappa shape index (κ3) is 18.9. The molecule has 0 saturated carbocycles. The molecule has 0 aliphatic rings. The molecule has 0 heterocycles. The molecule has 0 spiro atoms. The molecule has 3 heteroatoms. The standard InChI is InChI=1S/C16H37P.BrH.H3N/c1-5-7-8-9-10-11-12-13-14-15-16-17(3,4)6-2;;/h17H,5-16H2,1-4H3;1H;1H3. The summed E-state index contributed by atoms with van der Waals surface area (Å²) in [5.41, 5.74) is 0. The van der Waals surface area contributed by atoms with E-state index in [1.165, 1.54) is 70.4 Å².